The van der Waals surface area contributed by atoms with E-state index in [-0.39, 0.29) is 37.0 Å². The van der Waals surface area contributed by atoms with Crippen LogP contribution in [0.15, 0.2) is 53.3 Å². The van der Waals surface area contributed by atoms with E-state index in [0.29, 0.717) is 25.4 Å². The first-order chi connectivity index (χ1) is 16.5. The Bertz CT molecular complexity index is 1210. The summed E-state index contributed by atoms with van der Waals surface area (Å²) in [6.07, 6.45) is 0.135. The van der Waals surface area contributed by atoms with Crippen LogP contribution in [0.1, 0.15) is 13.3 Å². The standard InChI is InChI=1S/C25H31N5O4/c1-3-29-21-6-4-5-7-22(21)30(25(29)33)13-12-24(32)27(2)18-23(31)26-19-8-10-20(11-9-19)28-14-16-34-17-15-28/h4-11H,3,12-18H2,1-2H3,(H,26,31). The van der Waals surface area contributed by atoms with E-state index in [0.717, 1.165) is 29.8 Å². The number of benzene rings is 2. The van der Waals surface area contributed by atoms with Gasteiger partial charge in [0, 0.05) is 51.0 Å². The number of fused-ring (bicyclic) bond motifs is 1. The second-order valence-corrected chi connectivity index (χ2v) is 8.36. The molecule has 0 unspecified atom stereocenters. The van der Waals surface area contributed by atoms with Crippen LogP contribution in [0.4, 0.5) is 11.4 Å². The number of imidazole rings is 1. The van der Waals surface area contributed by atoms with Crippen molar-refractivity contribution in [1.29, 1.82) is 0 Å². The number of hydrogen-bond acceptors (Lipinski definition) is 5. The Morgan fingerprint density at radius 3 is 2.29 bits per heavy atom. The Labute approximate surface area is 198 Å². The van der Waals surface area contributed by atoms with Crippen molar-refractivity contribution >= 4 is 34.2 Å². The molecule has 0 aliphatic carbocycles. The lowest BCUT2D eigenvalue weighted by Crippen LogP contribution is -2.36. The second kappa shape index (κ2) is 10.6. The topological polar surface area (TPSA) is 88.8 Å². The largest absolute Gasteiger partial charge is 0.378 e. The van der Waals surface area contributed by atoms with Gasteiger partial charge in [-0.1, -0.05) is 12.1 Å². The van der Waals surface area contributed by atoms with Crippen molar-refractivity contribution in [3.8, 4) is 0 Å². The molecule has 9 heteroatoms. The SMILES string of the molecule is CCn1c(=O)n(CCC(=O)N(C)CC(=O)Nc2ccc(N3CCOCC3)cc2)c2ccccc21. The molecular formula is C25H31N5O4. The van der Waals surface area contributed by atoms with E-state index in [1.54, 1.807) is 16.2 Å². The minimum absolute atomic E-state index is 0.0599. The average molecular weight is 466 g/mol. The van der Waals surface area contributed by atoms with Crippen LogP contribution in [0.3, 0.4) is 0 Å². The van der Waals surface area contributed by atoms with Gasteiger partial charge >= 0.3 is 5.69 Å². The van der Waals surface area contributed by atoms with E-state index in [9.17, 15) is 14.4 Å². The van der Waals surface area contributed by atoms with Crippen molar-refractivity contribution in [3.05, 3.63) is 59.0 Å². The fraction of sp³-hybridized carbons (Fsp3) is 0.400. The summed E-state index contributed by atoms with van der Waals surface area (Å²) in [5, 5.41) is 2.84. The number of aryl methyl sites for hydroxylation is 2. The molecule has 0 atom stereocenters. The molecule has 0 bridgehead atoms. The Morgan fingerprint density at radius 1 is 1.00 bits per heavy atom. The van der Waals surface area contributed by atoms with Gasteiger partial charge in [0.15, 0.2) is 0 Å². The summed E-state index contributed by atoms with van der Waals surface area (Å²) < 4.78 is 8.70. The van der Waals surface area contributed by atoms with Crippen molar-refractivity contribution in [3.63, 3.8) is 0 Å². The molecule has 1 N–H and O–H groups in total. The number of nitrogens with zero attached hydrogens (tertiary/aromatic N) is 4. The zero-order valence-corrected chi connectivity index (χ0v) is 19.7. The highest BCUT2D eigenvalue weighted by molar-refractivity contribution is 5.94. The predicted molar refractivity (Wildman–Crippen MR) is 132 cm³/mol. The van der Waals surface area contributed by atoms with Gasteiger partial charge in [0.05, 0.1) is 30.8 Å². The second-order valence-electron chi connectivity index (χ2n) is 8.36. The number of nitrogens with one attached hydrogen (secondary N) is 1. The molecule has 0 radical (unpaired) electrons. The zero-order chi connectivity index (χ0) is 24.1. The third-order valence-electron chi connectivity index (χ3n) is 6.12. The molecule has 180 valence electrons. The highest BCUT2D eigenvalue weighted by atomic mass is 16.5. The van der Waals surface area contributed by atoms with E-state index in [1.807, 2.05) is 55.5 Å². The van der Waals surface area contributed by atoms with Crippen molar-refractivity contribution in [2.75, 3.05) is 50.1 Å². The number of ether oxygens (including phenoxy) is 1. The maximum absolute atomic E-state index is 12.7. The maximum atomic E-state index is 12.7. The van der Waals surface area contributed by atoms with Crippen molar-refractivity contribution in [2.24, 2.45) is 0 Å². The van der Waals surface area contributed by atoms with Crippen LogP contribution in [-0.4, -0.2) is 65.7 Å². The number of anilines is 2. The van der Waals surface area contributed by atoms with Gasteiger partial charge in [-0.2, -0.15) is 0 Å². The summed E-state index contributed by atoms with van der Waals surface area (Å²) in [6.45, 7) is 5.82. The van der Waals surface area contributed by atoms with Crippen molar-refractivity contribution in [2.45, 2.75) is 26.4 Å². The molecular weight excluding hydrogens is 434 g/mol. The number of carbonyl (C=O) groups excluding carboxylic acids is 2. The Balaban J connectivity index is 1.31. The Kier molecular flexibility index (Phi) is 7.32. The Morgan fingerprint density at radius 2 is 1.65 bits per heavy atom. The summed E-state index contributed by atoms with van der Waals surface area (Å²) in [5.41, 5.74) is 3.31. The smallest absolute Gasteiger partial charge is 0.329 e. The van der Waals surface area contributed by atoms with Crippen molar-refractivity contribution in [1.82, 2.24) is 14.0 Å². The quantitative estimate of drug-likeness (QED) is 0.551. The molecule has 34 heavy (non-hydrogen) atoms. The van der Waals surface area contributed by atoms with Crippen LogP contribution >= 0.6 is 0 Å². The van der Waals surface area contributed by atoms with Gasteiger partial charge in [-0.05, 0) is 43.3 Å². The molecule has 3 aromatic rings. The van der Waals surface area contributed by atoms with Gasteiger partial charge in [0.2, 0.25) is 11.8 Å². The first-order valence-corrected chi connectivity index (χ1v) is 11.6. The molecule has 4 rings (SSSR count). The fourth-order valence-electron chi connectivity index (χ4n) is 4.27. The molecule has 0 saturated carbocycles. The monoisotopic (exact) mass is 465 g/mol. The van der Waals surface area contributed by atoms with E-state index in [4.69, 9.17) is 4.74 Å². The number of hydrogen-bond donors (Lipinski definition) is 1. The first kappa shape index (κ1) is 23.6. The summed E-state index contributed by atoms with van der Waals surface area (Å²) in [5.74, 6) is -0.465. The molecule has 1 aliphatic heterocycles. The lowest BCUT2D eigenvalue weighted by molar-refractivity contribution is -0.133. The van der Waals surface area contributed by atoms with Crippen LogP contribution in [0.2, 0.25) is 0 Å². The van der Waals surface area contributed by atoms with Gasteiger partial charge in [0.1, 0.15) is 0 Å². The van der Waals surface area contributed by atoms with Gasteiger partial charge < -0.3 is 19.9 Å². The highest BCUT2D eigenvalue weighted by Gasteiger charge is 2.17. The highest BCUT2D eigenvalue weighted by Crippen LogP contribution is 2.19. The minimum Gasteiger partial charge on any atom is -0.378 e. The molecule has 0 spiro atoms. The number of para-hydroxylation sites is 2. The summed E-state index contributed by atoms with van der Waals surface area (Å²) in [7, 11) is 1.60. The molecule has 1 fully saturated rings. The molecule has 2 heterocycles. The summed E-state index contributed by atoms with van der Waals surface area (Å²) >= 11 is 0. The molecule has 1 aliphatic rings. The predicted octanol–water partition coefficient (Wildman–Crippen LogP) is 2.15. The number of morpholine rings is 1. The van der Waals surface area contributed by atoms with Gasteiger partial charge in [-0.25, -0.2) is 4.79 Å². The lowest BCUT2D eigenvalue weighted by atomic mass is 10.2. The van der Waals surface area contributed by atoms with E-state index >= 15 is 0 Å². The normalized spacial score (nSPS) is 13.8. The number of likely N-dealkylation sites (N-methyl/N-ethyl adjacent to an activating group) is 1. The van der Waals surface area contributed by atoms with Crippen LogP contribution < -0.4 is 15.9 Å². The summed E-state index contributed by atoms with van der Waals surface area (Å²) in [6, 6.07) is 15.2. The first-order valence-electron chi connectivity index (χ1n) is 11.6. The van der Waals surface area contributed by atoms with E-state index in [2.05, 4.69) is 10.2 Å². The minimum atomic E-state index is -0.269. The van der Waals surface area contributed by atoms with Crippen LogP contribution in [0.25, 0.3) is 11.0 Å². The third kappa shape index (κ3) is 5.14. The van der Waals surface area contributed by atoms with Crippen molar-refractivity contribution < 1.29 is 14.3 Å². The lowest BCUT2D eigenvalue weighted by Gasteiger charge is -2.28. The number of rotatable bonds is 8. The molecule has 1 saturated heterocycles. The number of carbonyl (C=O) groups is 2. The molecule has 9 nitrogen and oxygen atoms in total. The molecule has 2 aromatic carbocycles. The Hall–Kier alpha value is -3.59. The van der Waals surface area contributed by atoms with Crippen LogP contribution in [0, 0.1) is 0 Å². The molecule has 1 aromatic heterocycles. The number of amides is 2. The third-order valence-corrected chi connectivity index (χ3v) is 6.12. The summed E-state index contributed by atoms with van der Waals surface area (Å²) in [4.78, 5) is 41.5. The van der Waals surface area contributed by atoms with E-state index < -0.39 is 0 Å². The number of aromatic nitrogens is 2. The van der Waals surface area contributed by atoms with Gasteiger partial charge in [-0.3, -0.25) is 18.7 Å². The molecule has 2 amide bonds. The van der Waals surface area contributed by atoms with Crippen LogP contribution in [-0.2, 0) is 27.4 Å². The zero-order valence-electron chi connectivity index (χ0n) is 19.7. The van der Waals surface area contributed by atoms with E-state index in [1.165, 1.54) is 4.90 Å². The van der Waals surface area contributed by atoms with Gasteiger partial charge in [-0.15, -0.1) is 0 Å². The average Bonchev–Trinajstić information content (AvgIpc) is 3.13. The fourth-order valence-corrected chi connectivity index (χ4v) is 4.27. The van der Waals surface area contributed by atoms with Crippen LogP contribution in [0.5, 0.6) is 0 Å². The maximum Gasteiger partial charge on any atom is 0.329 e. The van der Waals surface area contributed by atoms with Gasteiger partial charge in [0.25, 0.3) is 0 Å².